The summed E-state index contributed by atoms with van der Waals surface area (Å²) in [7, 11) is 3.88. The number of nitrogens with one attached hydrogen (secondary N) is 2. The Bertz CT molecular complexity index is 1290. The van der Waals surface area contributed by atoms with Gasteiger partial charge in [-0.25, -0.2) is 4.98 Å². The van der Waals surface area contributed by atoms with Gasteiger partial charge >= 0.3 is 0 Å². The second-order valence-electron chi connectivity index (χ2n) is 7.83. The van der Waals surface area contributed by atoms with E-state index < -0.39 is 0 Å². The number of fused-ring (bicyclic) bond motifs is 1. The van der Waals surface area contributed by atoms with Gasteiger partial charge in [0, 0.05) is 37.2 Å². The normalized spacial score (nSPS) is 10.7. The number of amides is 1. The maximum atomic E-state index is 13.2. The van der Waals surface area contributed by atoms with Crippen LogP contribution in [0.25, 0.3) is 10.8 Å². The maximum Gasteiger partial charge on any atom is 0.260 e. The number of hydrogen-bond donors (Lipinski definition) is 2. The van der Waals surface area contributed by atoms with Crippen LogP contribution in [0.1, 0.15) is 23.0 Å². The number of ether oxygens (including phenoxy) is 1. The molecule has 2 N–H and O–H groups in total. The van der Waals surface area contributed by atoms with Crippen molar-refractivity contribution in [2.45, 2.75) is 13.8 Å². The Labute approximate surface area is 193 Å². The van der Waals surface area contributed by atoms with Crippen molar-refractivity contribution in [2.24, 2.45) is 0 Å². The zero-order chi connectivity index (χ0) is 23.4. The first-order valence-corrected chi connectivity index (χ1v) is 10.8. The van der Waals surface area contributed by atoms with Crippen LogP contribution in [0.2, 0.25) is 0 Å². The molecular weight excluding hydrogens is 414 g/mol. The molecule has 0 bridgehead atoms. The van der Waals surface area contributed by atoms with Crippen LogP contribution in [-0.4, -0.2) is 36.6 Å². The summed E-state index contributed by atoms with van der Waals surface area (Å²) in [6.07, 6.45) is 0. The molecule has 33 heavy (non-hydrogen) atoms. The number of carbonyl (C=O) groups is 1. The fraction of sp³-hybridized carbons (Fsp3) is 0.192. The lowest BCUT2D eigenvalue weighted by atomic mass is 10.0. The fourth-order valence-corrected chi connectivity index (χ4v) is 3.56. The number of aromatic nitrogens is 2. The Hall–Kier alpha value is -4.13. The van der Waals surface area contributed by atoms with Crippen molar-refractivity contribution in [1.82, 2.24) is 9.97 Å². The van der Waals surface area contributed by atoms with Crippen molar-refractivity contribution in [3.05, 3.63) is 78.0 Å². The molecule has 4 rings (SSSR count). The maximum absolute atomic E-state index is 13.2. The number of hydrogen-bond acceptors (Lipinski definition) is 6. The van der Waals surface area contributed by atoms with Gasteiger partial charge in [-0.1, -0.05) is 30.3 Å². The van der Waals surface area contributed by atoms with Crippen LogP contribution in [0.3, 0.4) is 0 Å². The minimum absolute atomic E-state index is 0.214. The molecule has 3 aromatic carbocycles. The van der Waals surface area contributed by atoms with Crippen molar-refractivity contribution in [3.63, 3.8) is 0 Å². The molecule has 0 aliphatic carbocycles. The second-order valence-corrected chi connectivity index (χ2v) is 7.83. The average molecular weight is 442 g/mol. The Balaban J connectivity index is 1.54. The minimum atomic E-state index is -0.214. The van der Waals surface area contributed by atoms with Crippen molar-refractivity contribution in [2.75, 3.05) is 36.2 Å². The summed E-state index contributed by atoms with van der Waals surface area (Å²) in [6.45, 7) is 4.32. The van der Waals surface area contributed by atoms with Crippen LogP contribution in [0.5, 0.6) is 5.75 Å². The van der Waals surface area contributed by atoms with Crippen LogP contribution < -0.4 is 20.3 Å². The largest absolute Gasteiger partial charge is 0.493 e. The second kappa shape index (κ2) is 9.56. The van der Waals surface area contributed by atoms with Crippen LogP contribution in [0, 0.1) is 6.92 Å². The third-order valence-corrected chi connectivity index (χ3v) is 5.12. The standard InChI is InChI=1S/C26H27N5O2/c1-5-33-22-15-10-18-8-6-7-9-21(18)24(22)25(32)28-19-11-13-20(14-12-19)29-26-27-17(2)16-23(30-26)31(3)4/h6-16H,5H2,1-4H3,(H,28,32)(H,27,29,30). The smallest absolute Gasteiger partial charge is 0.260 e. The first-order chi connectivity index (χ1) is 15.9. The highest BCUT2D eigenvalue weighted by Crippen LogP contribution is 2.29. The first kappa shape index (κ1) is 22.1. The summed E-state index contributed by atoms with van der Waals surface area (Å²) >= 11 is 0. The highest BCUT2D eigenvalue weighted by atomic mass is 16.5. The summed E-state index contributed by atoms with van der Waals surface area (Å²) in [5, 5.41) is 8.05. The van der Waals surface area contributed by atoms with Gasteiger partial charge < -0.3 is 20.3 Å². The Kier molecular flexibility index (Phi) is 6.40. The average Bonchev–Trinajstić information content (AvgIpc) is 2.80. The third-order valence-electron chi connectivity index (χ3n) is 5.12. The molecular formula is C26H27N5O2. The summed E-state index contributed by atoms with van der Waals surface area (Å²) in [5.41, 5.74) is 2.91. The van der Waals surface area contributed by atoms with E-state index in [1.807, 2.05) is 99.6 Å². The van der Waals surface area contributed by atoms with Crippen LogP contribution >= 0.6 is 0 Å². The molecule has 0 spiro atoms. The molecule has 0 saturated heterocycles. The number of aryl methyl sites for hydroxylation is 1. The number of nitrogens with zero attached hydrogens (tertiary/aromatic N) is 3. The molecule has 168 valence electrons. The van der Waals surface area contributed by atoms with E-state index in [0.29, 0.717) is 29.6 Å². The summed E-state index contributed by atoms with van der Waals surface area (Å²) in [5.74, 6) is 1.70. The number of benzene rings is 3. The molecule has 0 radical (unpaired) electrons. The molecule has 0 fully saturated rings. The monoisotopic (exact) mass is 441 g/mol. The van der Waals surface area contributed by atoms with Crippen LogP contribution in [-0.2, 0) is 0 Å². The van der Waals surface area contributed by atoms with E-state index in [1.165, 1.54) is 0 Å². The van der Waals surface area contributed by atoms with Crippen molar-refractivity contribution >= 4 is 39.8 Å². The van der Waals surface area contributed by atoms with E-state index in [0.717, 1.165) is 28.0 Å². The Morgan fingerprint density at radius 1 is 0.970 bits per heavy atom. The van der Waals surface area contributed by atoms with E-state index in [2.05, 4.69) is 20.6 Å². The topological polar surface area (TPSA) is 79.4 Å². The molecule has 7 nitrogen and oxygen atoms in total. The lowest BCUT2D eigenvalue weighted by molar-refractivity contribution is 0.102. The van der Waals surface area contributed by atoms with E-state index in [9.17, 15) is 4.79 Å². The van der Waals surface area contributed by atoms with Gasteiger partial charge in [-0.2, -0.15) is 4.98 Å². The molecule has 1 heterocycles. The van der Waals surface area contributed by atoms with Gasteiger partial charge in [0.2, 0.25) is 5.95 Å². The predicted octanol–water partition coefficient (Wildman–Crippen LogP) is 5.40. The summed E-state index contributed by atoms with van der Waals surface area (Å²) in [4.78, 5) is 24.1. The highest BCUT2D eigenvalue weighted by Gasteiger charge is 2.17. The quantitative estimate of drug-likeness (QED) is 0.400. The van der Waals surface area contributed by atoms with Gasteiger partial charge in [-0.05, 0) is 55.0 Å². The zero-order valence-corrected chi connectivity index (χ0v) is 19.2. The molecule has 0 aliphatic heterocycles. The van der Waals surface area contributed by atoms with E-state index >= 15 is 0 Å². The van der Waals surface area contributed by atoms with Gasteiger partial charge in [0.25, 0.3) is 5.91 Å². The number of anilines is 4. The first-order valence-electron chi connectivity index (χ1n) is 10.8. The number of rotatable bonds is 7. The van der Waals surface area contributed by atoms with E-state index in [1.54, 1.807) is 0 Å². The zero-order valence-electron chi connectivity index (χ0n) is 19.2. The van der Waals surface area contributed by atoms with Gasteiger partial charge in [-0.3, -0.25) is 4.79 Å². The van der Waals surface area contributed by atoms with Gasteiger partial charge in [0.05, 0.1) is 12.2 Å². The molecule has 1 amide bonds. The van der Waals surface area contributed by atoms with E-state index in [-0.39, 0.29) is 5.91 Å². The molecule has 4 aromatic rings. The predicted molar refractivity (Wildman–Crippen MR) is 134 cm³/mol. The molecule has 7 heteroatoms. The van der Waals surface area contributed by atoms with Crippen molar-refractivity contribution in [3.8, 4) is 5.75 Å². The highest BCUT2D eigenvalue weighted by molar-refractivity contribution is 6.15. The number of carbonyl (C=O) groups excluding carboxylic acids is 1. The molecule has 0 unspecified atom stereocenters. The lowest BCUT2D eigenvalue weighted by Crippen LogP contribution is -2.14. The molecule has 0 saturated carbocycles. The van der Waals surface area contributed by atoms with Crippen LogP contribution in [0.4, 0.5) is 23.1 Å². The van der Waals surface area contributed by atoms with Crippen molar-refractivity contribution < 1.29 is 9.53 Å². The Morgan fingerprint density at radius 2 is 1.70 bits per heavy atom. The van der Waals surface area contributed by atoms with Crippen LogP contribution in [0.15, 0.2) is 66.7 Å². The molecule has 0 atom stereocenters. The lowest BCUT2D eigenvalue weighted by Gasteiger charge is -2.15. The Morgan fingerprint density at radius 3 is 2.42 bits per heavy atom. The van der Waals surface area contributed by atoms with E-state index in [4.69, 9.17) is 4.74 Å². The third kappa shape index (κ3) is 5.03. The van der Waals surface area contributed by atoms with Gasteiger partial charge in [0.1, 0.15) is 11.6 Å². The summed E-state index contributed by atoms with van der Waals surface area (Å²) < 4.78 is 5.74. The van der Waals surface area contributed by atoms with Gasteiger partial charge in [0.15, 0.2) is 0 Å². The van der Waals surface area contributed by atoms with Crippen molar-refractivity contribution in [1.29, 1.82) is 0 Å². The fourth-order valence-electron chi connectivity index (χ4n) is 3.56. The minimum Gasteiger partial charge on any atom is -0.493 e. The van der Waals surface area contributed by atoms with Gasteiger partial charge in [-0.15, -0.1) is 0 Å². The molecule has 1 aromatic heterocycles. The summed E-state index contributed by atoms with van der Waals surface area (Å²) in [6, 6.07) is 21.0. The SMILES string of the molecule is CCOc1ccc2ccccc2c1C(=O)Nc1ccc(Nc2nc(C)cc(N(C)C)n2)cc1. The molecule has 0 aliphatic rings.